The van der Waals surface area contributed by atoms with Gasteiger partial charge in [-0.05, 0) is 24.1 Å². The number of fused-ring (bicyclic) bond motifs is 1. The van der Waals surface area contributed by atoms with Crippen LogP contribution in [-0.2, 0) is 11.2 Å². The fraction of sp³-hybridized carbons (Fsp3) is 0.333. The van der Waals surface area contributed by atoms with E-state index in [9.17, 15) is 9.90 Å². The molecule has 2 rings (SSSR count). The van der Waals surface area contributed by atoms with Crippen molar-refractivity contribution in [2.45, 2.75) is 32.3 Å². The van der Waals surface area contributed by atoms with Gasteiger partial charge in [0.25, 0.3) is 0 Å². The fourth-order valence-electron chi connectivity index (χ4n) is 2.05. The van der Waals surface area contributed by atoms with Crippen molar-refractivity contribution in [2.75, 3.05) is 0 Å². The molecule has 0 saturated heterocycles. The van der Waals surface area contributed by atoms with Crippen LogP contribution in [0.25, 0.3) is 10.9 Å². The maximum absolute atomic E-state index is 11.9. The summed E-state index contributed by atoms with van der Waals surface area (Å²) in [5, 5.41) is 10.7. The Bertz CT molecular complexity index is 546. The molecule has 0 aliphatic heterocycles. The Labute approximate surface area is 106 Å². The van der Waals surface area contributed by atoms with E-state index in [2.05, 4.69) is 4.98 Å². The van der Waals surface area contributed by atoms with Crippen molar-refractivity contribution in [1.82, 2.24) is 4.98 Å². The molecule has 0 bridgehead atoms. The maximum atomic E-state index is 11.9. The molecule has 1 aromatic carbocycles. The number of nitrogens with zero attached hydrogens (tertiary/aromatic N) is 1. The third-order valence-corrected chi connectivity index (χ3v) is 3.04. The summed E-state index contributed by atoms with van der Waals surface area (Å²) in [6, 6.07) is 9.58. The second-order valence-corrected chi connectivity index (χ2v) is 4.43. The lowest BCUT2D eigenvalue weighted by Crippen LogP contribution is -2.22. The summed E-state index contributed by atoms with van der Waals surface area (Å²) in [6.07, 6.45) is 2.47. The minimum atomic E-state index is -0.845. The first-order valence-electron chi connectivity index (χ1n) is 6.25. The van der Waals surface area contributed by atoms with E-state index in [1.165, 1.54) is 0 Å². The van der Waals surface area contributed by atoms with Crippen molar-refractivity contribution in [3.63, 3.8) is 0 Å². The Morgan fingerprint density at radius 1 is 1.33 bits per heavy atom. The van der Waals surface area contributed by atoms with E-state index >= 15 is 0 Å². The molecular weight excluding hydrogens is 226 g/mol. The van der Waals surface area contributed by atoms with E-state index in [1.54, 1.807) is 6.20 Å². The summed E-state index contributed by atoms with van der Waals surface area (Å²) in [7, 11) is 0. The van der Waals surface area contributed by atoms with Crippen LogP contribution in [0.15, 0.2) is 36.5 Å². The number of Topliss-reactive ketones (excluding diaryl/α,β-unsaturated/α-hetero) is 1. The van der Waals surface area contributed by atoms with Crippen LogP contribution in [0.5, 0.6) is 0 Å². The predicted octanol–water partition coefficient (Wildman–Crippen LogP) is 2.51. The fourth-order valence-corrected chi connectivity index (χ4v) is 2.05. The lowest BCUT2D eigenvalue weighted by Gasteiger charge is -2.09. The number of hydrogen-bond donors (Lipinski definition) is 1. The molecule has 2 aromatic rings. The Morgan fingerprint density at radius 2 is 2.11 bits per heavy atom. The minimum Gasteiger partial charge on any atom is -0.385 e. The smallest absolute Gasteiger partial charge is 0.165 e. The summed E-state index contributed by atoms with van der Waals surface area (Å²) in [4.78, 5) is 16.1. The Morgan fingerprint density at radius 3 is 2.89 bits per heavy atom. The number of carbonyl (C=O) groups excluding carboxylic acids is 1. The highest BCUT2D eigenvalue weighted by Gasteiger charge is 2.15. The number of para-hydroxylation sites is 1. The lowest BCUT2D eigenvalue weighted by atomic mass is 10.00. The summed E-state index contributed by atoms with van der Waals surface area (Å²) in [5.74, 6) is -0.117. The van der Waals surface area contributed by atoms with Crippen LogP contribution in [0, 0.1) is 0 Å². The Hall–Kier alpha value is -1.74. The topological polar surface area (TPSA) is 50.2 Å². The molecule has 0 aliphatic rings. The van der Waals surface area contributed by atoms with E-state index < -0.39 is 6.10 Å². The Balaban J connectivity index is 2.24. The average molecular weight is 243 g/mol. The first-order chi connectivity index (χ1) is 8.72. The number of benzene rings is 1. The SMILES string of the molecule is CCCC(O)C(=O)Cc1ccnc2ccccc12. The molecule has 18 heavy (non-hydrogen) atoms. The van der Waals surface area contributed by atoms with Crippen molar-refractivity contribution >= 4 is 16.7 Å². The zero-order chi connectivity index (χ0) is 13.0. The summed E-state index contributed by atoms with van der Waals surface area (Å²) >= 11 is 0. The van der Waals surface area contributed by atoms with Gasteiger partial charge in [-0.25, -0.2) is 0 Å². The third-order valence-electron chi connectivity index (χ3n) is 3.04. The molecule has 1 N–H and O–H groups in total. The third kappa shape index (κ3) is 2.74. The van der Waals surface area contributed by atoms with Crippen molar-refractivity contribution in [1.29, 1.82) is 0 Å². The molecule has 1 aromatic heterocycles. The summed E-state index contributed by atoms with van der Waals surface area (Å²) in [6.45, 7) is 1.96. The zero-order valence-electron chi connectivity index (χ0n) is 10.5. The second kappa shape index (κ2) is 5.74. The minimum absolute atomic E-state index is 0.117. The summed E-state index contributed by atoms with van der Waals surface area (Å²) in [5.41, 5.74) is 1.81. The van der Waals surface area contributed by atoms with Crippen LogP contribution in [-0.4, -0.2) is 22.0 Å². The van der Waals surface area contributed by atoms with Crippen LogP contribution in [0.4, 0.5) is 0 Å². The van der Waals surface area contributed by atoms with Gasteiger partial charge < -0.3 is 5.11 Å². The standard InChI is InChI=1S/C15H17NO2/c1-2-5-14(17)15(18)10-11-8-9-16-13-7-4-3-6-12(11)13/h3-4,6-9,14,17H,2,5,10H2,1H3. The molecule has 0 amide bonds. The van der Waals surface area contributed by atoms with Crippen molar-refractivity contribution in [2.24, 2.45) is 0 Å². The number of carbonyl (C=O) groups is 1. The number of pyridine rings is 1. The molecule has 0 aliphatic carbocycles. The van der Waals surface area contributed by atoms with Gasteiger partial charge in [-0.2, -0.15) is 0 Å². The largest absolute Gasteiger partial charge is 0.385 e. The monoisotopic (exact) mass is 243 g/mol. The Kier molecular flexibility index (Phi) is 4.05. The highest BCUT2D eigenvalue weighted by Crippen LogP contribution is 2.17. The molecule has 3 nitrogen and oxygen atoms in total. The molecule has 0 fully saturated rings. The number of aliphatic hydroxyl groups is 1. The van der Waals surface area contributed by atoms with Gasteiger partial charge in [-0.15, -0.1) is 0 Å². The van der Waals surface area contributed by atoms with Crippen molar-refractivity contribution < 1.29 is 9.90 Å². The highest BCUT2D eigenvalue weighted by atomic mass is 16.3. The number of aliphatic hydroxyl groups excluding tert-OH is 1. The van der Waals surface area contributed by atoms with E-state index in [-0.39, 0.29) is 12.2 Å². The van der Waals surface area contributed by atoms with Gasteiger partial charge in [0.05, 0.1) is 5.52 Å². The molecule has 0 radical (unpaired) electrons. The van der Waals surface area contributed by atoms with Crippen LogP contribution >= 0.6 is 0 Å². The molecule has 3 heteroatoms. The van der Waals surface area contributed by atoms with Crippen LogP contribution in [0.3, 0.4) is 0 Å². The molecule has 1 atom stereocenters. The van der Waals surface area contributed by atoms with E-state index in [4.69, 9.17) is 0 Å². The van der Waals surface area contributed by atoms with Crippen LogP contribution in [0.2, 0.25) is 0 Å². The molecular formula is C15H17NO2. The van der Waals surface area contributed by atoms with E-state index in [0.29, 0.717) is 6.42 Å². The molecule has 1 unspecified atom stereocenters. The van der Waals surface area contributed by atoms with Gasteiger partial charge in [-0.1, -0.05) is 31.5 Å². The van der Waals surface area contributed by atoms with Crippen LogP contribution in [0.1, 0.15) is 25.3 Å². The van der Waals surface area contributed by atoms with Gasteiger partial charge in [0.15, 0.2) is 5.78 Å². The second-order valence-electron chi connectivity index (χ2n) is 4.43. The molecule has 0 spiro atoms. The van der Waals surface area contributed by atoms with Crippen molar-refractivity contribution in [3.05, 3.63) is 42.1 Å². The first-order valence-corrected chi connectivity index (χ1v) is 6.25. The maximum Gasteiger partial charge on any atom is 0.165 e. The predicted molar refractivity (Wildman–Crippen MR) is 71.4 cm³/mol. The molecule has 94 valence electrons. The molecule has 1 heterocycles. The van der Waals surface area contributed by atoms with Gasteiger partial charge >= 0.3 is 0 Å². The zero-order valence-corrected chi connectivity index (χ0v) is 10.5. The quantitative estimate of drug-likeness (QED) is 0.877. The van der Waals surface area contributed by atoms with Crippen molar-refractivity contribution in [3.8, 4) is 0 Å². The van der Waals surface area contributed by atoms with Gasteiger partial charge in [-0.3, -0.25) is 9.78 Å². The van der Waals surface area contributed by atoms with Gasteiger partial charge in [0.2, 0.25) is 0 Å². The van der Waals surface area contributed by atoms with Gasteiger partial charge in [0, 0.05) is 18.0 Å². The van der Waals surface area contributed by atoms with Gasteiger partial charge in [0.1, 0.15) is 6.10 Å². The van der Waals surface area contributed by atoms with Crippen LogP contribution < -0.4 is 0 Å². The normalized spacial score (nSPS) is 12.6. The molecule has 0 saturated carbocycles. The lowest BCUT2D eigenvalue weighted by molar-refractivity contribution is -0.126. The number of ketones is 1. The van der Waals surface area contributed by atoms with E-state index in [1.807, 2.05) is 37.3 Å². The van der Waals surface area contributed by atoms with E-state index in [0.717, 1.165) is 22.9 Å². The number of rotatable bonds is 5. The average Bonchev–Trinajstić information content (AvgIpc) is 2.39. The number of aromatic nitrogens is 1. The summed E-state index contributed by atoms with van der Waals surface area (Å²) < 4.78 is 0. The number of hydrogen-bond acceptors (Lipinski definition) is 3. The first kappa shape index (κ1) is 12.7. The highest BCUT2D eigenvalue weighted by molar-refractivity contribution is 5.90.